The van der Waals surface area contributed by atoms with Gasteiger partial charge in [-0.2, -0.15) is 0 Å². The number of nitrogens with zero attached hydrogens (tertiary/aromatic N) is 3. The molecule has 0 aliphatic carbocycles. The molecule has 1 aliphatic rings. The van der Waals surface area contributed by atoms with Crippen molar-refractivity contribution in [2.75, 3.05) is 0 Å². The summed E-state index contributed by atoms with van der Waals surface area (Å²) in [4.78, 5) is 0. The first kappa shape index (κ1) is 41.7. The summed E-state index contributed by atoms with van der Waals surface area (Å²) in [6, 6.07) is 85.9. The molecule has 4 heterocycles. The second kappa shape index (κ2) is 16.1. The van der Waals surface area contributed by atoms with E-state index in [-0.39, 0.29) is 0 Å². The molecule has 70 heavy (non-hydrogen) atoms. The Morgan fingerprint density at radius 2 is 0.886 bits per heavy atom. The molecule has 334 valence electrons. The third-order valence-corrected chi connectivity index (χ3v) is 26.8. The van der Waals surface area contributed by atoms with Crippen LogP contribution in [-0.2, 0) is 4.12 Å². The standard InChI is InChI=1S/C63H47IN3OSi2/c1-69(46-32-38-58-54(40-46)53-37-36-51-49-29-17-19-31-57(49)66(44-24-12-6-13-25-44)62(51)63(53)67(58)45-26-14-7-15-27-45)68-70(2,3)47-33-39-59-55(41-47)52-35-34-50-48-28-16-18-30-56(48)64(42-20-8-4-9-21-42)60(50)61(52)65(59)43-22-10-5-11-23-43/h4-41H,1-3H3/q+1. The summed E-state index contributed by atoms with van der Waals surface area (Å²) in [5.74, 6) is 0. The van der Waals surface area contributed by atoms with Gasteiger partial charge in [0.15, 0.2) is 0 Å². The van der Waals surface area contributed by atoms with Gasteiger partial charge in [-0.15, -0.1) is 0 Å². The molecule has 0 N–H and O–H groups in total. The van der Waals surface area contributed by atoms with E-state index in [0.717, 1.165) is 11.4 Å². The molecule has 0 saturated carbocycles. The molecular formula is C63H47IN3OSi2+. The van der Waals surface area contributed by atoms with Gasteiger partial charge in [0.05, 0.1) is 22.1 Å². The molecule has 7 heteroatoms. The molecule has 3 aromatic heterocycles. The average Bonchev–Trinajstić information content (AvgIpc) is 4.14. The van der Waals surface area contributed by atoms with Crippen molar-refractivity contribution in [2.24, 2.45) is 0 Å². The van der Waals surface area contributed by atoms with Crippen LogP contribution in [0.25, 0.3) is 93.6 Å². The Bertz CT molecular complexity index is 4200. The summed E-state index contributed by atoms with van der Waals surface area (Å²) < 4.78 is 19.6. The average molecular weight is 1050 g/mol. The van der Waals surface area contributed by atoms with E-state index in [1.54, 1.807) is 0 Å². The molecule has 0 atom stereocenters. The SMILES string of the molecule is C[Si+](O[Si](C)(C)c1ccc2c(c1)c1ccc3c(c1n2-c1ccccc1)I(c1ccccc1)c1ccccc1-3)c1ccc2c(c1)c1ccc3c4ccccc4n(-c4ccccc4)c3c1n2-c1ccccc1. The first-order valence-corrected chi connectivity index (χ1v) is 32.1. The second-order valence-corrected chi connectivity index (χ2v) is 30.1. The van der Waals surface area contributed by atoms with Gasteiger partial charge in [0.2, 0.25) is 0 Å². The van der Waals surface area contributed by atoms with Crippen LogP contribution in [0.4, 0.5) is 0 Å². The van der Waals surface area contributed by atoms with Crippen LogP contribution < -0.4 is 10.4 Å². The zero-order valence-corrected chi connectivity index (χ0v) is 43.2. The van der Waals surface area contributed by atoms with Crippen molar-refractivity contribution in [1.29, 1.82) is 0 Å². The minimum Gasteiger partial charge on any atom is -0.307 e. The minimum absolute atomic E-state index is 1.15. The fourth-order valence-electron chi connectivity index (χ4n) is 11.4. The van der Waals surface area contributed by atoms with Crippen LogP contribution in [0.5, 0.6) is 0 Å². The summed E-state index contributed by atoms with van der Waals surface area (Å²) in [6.45, 7) is 7.13. The van der Waals surface area contributed by atoms with Gasteiger partial charge in [0.25, 0.3) is 0 Å². The topological polar surface area (TPSA) is 24.0 Å². The van der Waals surface area contributed by atoms with Gasteiger partial charge in [0, 0.05) is 27.5 Å². The van der Waals surface area contributed by atoms with Crippen molar-refractivity contribution >= 4 is 113 Å². The number of fused-ring (bicyclic) bond motifs is 14. The van der Waals surface area contributed by atoms with Crippen LogP contribution in [0.1, 0.15) is 0 Å². The molecule has 10 aromatic carbocycles. The number of hydrogen-bond donors (Lipinski definition) is 0. The number of benzene rings is 10. The van der Waals surface area contributed by atoms with E-state index in [2.05, 4.69) is 264 Å². The van der Waals surface area contributed by atoms with Crippen molar-refractivity contribution in [3.05, 3.63) is 241 Å². The fraction of sp³-hybridized carbons (Fsp3) is 0.0476. The molecule has 0 unspecified atom stereocenters. The van der Waals surface area contributed by atoms with Gasteiger partial charge in [0.1, 0.15) is 0 Å². The summed E-state index contributed by atoms with van der Waals surface area (Å²) in [7, 11) is -3.93. The Kier molecular flexibility index (Phi) is 9.61. The van der Waals surface area contributed by atoms with Crippen LogP contribution in [-0.4, -0.2) is 31.1 Å². The van der Waals surface area contributed by atoms with Gasteiger partial charge in [-0.05, 0) is 30.3 Å². The smallest absolute Gasteiger partial charge is 0.0788 e. The minimum atomic E-state index is -2.47. The maximum atomic E-state index is 7.52. The molecule has 0 spiro atoms. The fourth-order valence-corrected chi connectivity index (χ4v) is 23.7. The predicted molar refractivity (Wildman–Crippen MR) is 307 cm³/mol. The second-order valence-electron chi connectivity index (χ2n) is 18.9. The number of hydrogen-bond acceptors (Lipinski definition) is 1. The van der Waals surface area contributed by atoms with Crippen LogP contribution in [0.3, 0.4) is 0 Å². The number of rotatable bonds is 8. The third kappa shape index (κ3) is 6.28. The summed E-state index contributed by atoms with van der Waals surface area (Å²) >= 11 is -2.07. The first-order valence-electron chi connectivity index (χ1n) is 24.1. The Labute approximate surface area is 416 Å². The van der Waals surface area contributed by atoms with Crippen LogP contribution >= 0.6 is 19.8 Å². The van der Waals surface area contributed by atoms with E-state index in [9.17, 15) is 0 Å². The van der Waals surface area contributed by atoms with Crippen molar-refractivity contribution in [2.45, 2.75) is 19.6 Å². The largest absolute Gasteiger partial charge is 0.307 e. The van der Waals surface area contributed by atoms with Gasteiger partial charge in [-0.25, -0.2) is 0 Å². The van der Waals surface area contributed by atoms with Crippen LogP contribution in [0, 0.1) is 10.7 Å². The summed E-state index contributed by atoms with van der Waals surface area (Å²) in [5.41, 5.74) is 13.7. The Morgan fingerprint density at radius 1 is 0.400 bits per heavy atom. The van der Waals surface area contributed by atoms with Gasteiger partial charge >= 0.3 is 264 Å². The Hall–Kier alpha value is -7.28. The van der Waals surface area contributed by atoms with E-state index in [4.69, 9.17) is 4.12 Å². The molecule has 0 fully saturated rings. The number of para-hydroxylation sites is 4. The summed E-state index contributed by atoms with van der Waals surface area (Å²) in [5, 5.41) is 10.2. The monoisotopic (exact) mass is 1040 g/mol. The molecule has 0 saturated heterocycles. The van der Waals surface area contributed by atoms with Crippen molar-refractivity contribution < 1.29 is 4.12 Å². The molecule has 14 rings (SSSR count). The van der Waals surface area contributed by atoms with E-state index < -0.39 is 37.2 Å². The molecule has 1 aliphatic heterocycles. The molecule has 4 nitrogen and oxygen atoms in total. The Morgan fingerprint density at radius 3 is 1.54 bits per heavy atom. The zero-order valence-electron chi connectivity index (χ0n) is 39.1. The molecule has 0 bridgehead atoms. The molecular weight excluding hydrogens is 998 g/mol. The predicted octanol–water partition coefficient (Wildman–Crippen LogP) is 15.3. The van der Waals surface area contributed by atoms with Gasteiger partial charge in [-0.1, -0.05) is 66.7 Å². The number of halogens is 1. The number of aromatic nitrogens is 3. The Balaban J connectivity index is 0.908. The normalized spacial score (nSPS) is 13.0. The van der Waals surface area contributed by atoms with E-state index in [1.807, 2.05) is 0 Å². The van der Waals surface area contributed by atoms with Crippen molar-refractivity contribution in [1.82, 2.24) is 13.7 Å². The first-order chi connectivity index (χ1) is 34.4. The van der Waals surface area contributed by atoms with E-state index >= 15 is 0 Å². The van der Waals surface area contributed by atoms with Crippen LogP contribution in [0.2, 0.25) is 19.6 Å². The zero-order chi connectivity index (χ0) is 46.7. The van der Waals surface area contributed by atoms with Crippen molar-refractivity contribution in [3.63, 3.8) is 0 Å². The molecule has 13 aromatic rings. The van der Waals surface area contributed by atoms with Gasteiger partial charge in [-0.3, -0.25) is 0 Å². The summed E-state index contributed by atoms with van der Waals surface area (Å²) in [6.07, 6.45) is 0. The van der Waals surface area contributed by atoms with E-state index in [0.29, 0.717) is 0 Å². The quantitative estimate of drug-likeness (QED) is 0.110. The molecule has 0 radical (unpaired) electrons. The third-order valence-electron chi connectivity index (χ3n) is 14.5. The van der Waals surface area contributed by atoms with Gasteiger partial charge < -0.3 is 9.13 Å². The van der Waals surface area contributed by atoms with Crippen LogP contribution in [0.15, 0.2) is 231 Å². The maximum absolute atomic E-state index is 7.52. The van der Waals surface area contributed by atoms with E-state index in [1.165, 1.54) is 103 Å². The van der Waals surface area contributed by atoms with Crippen molar-refractivity contribution in [3.8, 4) is 28.2 Å². The maximum Gasteiger partial charge on any atom is 0.0788 e. The molecule has 0 amide bonds.